The number of carbonyl (C=O) groups is 2. The molecule has 0 spiro atoms. The SMILES string of the molecule is COC(=O)c1ccc(COc2ccc(/C=N\NC(=O)c3ccncc3)cc2OC)cc1. The van der Waals surface area contributed by atoms with E-state index in [9.17, 15) is 9.59 Å². The van der Waals surface area contributed by atoms with Crippen LogP contribution in [-0.2, 0) is 11.3 Å². The molecule has 0 aliphatic carbocycles. The second-order valence-corrected chi connectivity index (χ2v) is 6.32. The molecular weight excluding hydrogens is 398 g/mol. The molecule has 0 aliphatic heterocycles. The molecule has 0 atom stereocenters. The number of amides is 1. The Morgan fingerprint density at radius 3 is 2.39 bits per heavy atom. The summed E-state index contributed by atoms with van der Waals surface area (Å²) in [6.45, 7) is 0.299. The molecule has 0 fully saturated rings. The van der Waals surface area contributed by atoms with Crippen LogP contribution in [0.3, 0.4) is 0 Å². The van der Waals surface area contributed by atoms with Gasteiger partial charge in [0.2, 0.25) is 0 Å². The number of nitrogens with one attached hydrogen (secondary N) is 1. The molecule has 1 amide bonds. The zero-order valence-electron chi connectivity index (χ0n) is 17.1. The summed E-state index contributed by atoms with van der Waals surface area (Å²) in [7, 11) is 2.88. The van der Waals surface area contributed by atoms with E-state index < -0.39 is 0 Å². The van der Waals surface area contributed by atoms with Crippen molar-refractivity contribution in [3.63, 3.8) is 0 Å². The van der Waals surface area contributed by atoms with Gasteiger partial charge in [0, 0.05) is 18.0 Å². The number of hydrogen-bond acceptors (Lipinski definition) is 7. The van der Waals surface area contributed by atoms with Crippen LogP contribution in [0.4, 0.5) is 0 Å². The van der Waals surface area contributed by atoms with E-state index in [1.165, 1.54) is 25.7 Å². The summed E-state index contributed by atoms with van der Waals surface area (Å²) in [5, 5.41) is 3.97. The first-order chi connectivity index (χ1) is 15.1. The number of pyridine rings is 1. The summed E-state index contributed by atoms with van der Waals surface area (Å²) in [4.78, 5) is 27.4. The van der Waals surface area contributed by atoms with Crippen molar-refractivity contribution in [1.82, 2.24) is 10.4 Å². The van der Waals surface area contributed by atoms with Crippen LogP contribution in [0, 0.1) is 0 Å². The zero-order chi connectivity index (χ0) is 22.1. The lowest BCUT2D eigenvalue weighted by molar-refractivity contribution is 0.0600. The molecule has 8 nitrogen and oxygen atoms in total. The Bertz CT molecular complexity index is 1070. The average Bonchev–Trinajstić information content (AvgIpc) is 2.83. The third kappa shape index (κ3) is 5.89. The van der Waals surface area contributed by atoms with Crippen molar-refractivity contribution in [2.24, 2.45) is 5.10 Å². The topological polar surface area (TPSA) is 99.1 Å². The number of nitrogens with zero attached hydrogens (tertiary/aromatic N) is 2. The van der Waals surface area contributed by atoms with Crippen LogP contribution in [0.5, 0.6) is 11.5 Å². The summed E-state index contributed by atoms with van der Waals surface area (Å²) in [6, 6.07) is 15.5. The highest BCUT2D eigenvalue weighted by Gasteiger charge is 2.08. The van der Waals surface area contributed by atoms with Gasteiger partial charge in [-0.3, -0.25) is 9.78 Å². The molecule has 0 saturated heterocycles. The van der Waals surface area contributed by atoms with Crippen molar-refractivity contribution in [2.75, 3.05) is 14.2 Å². The van der Waals surface area contributed by atoms with Crippen LogP contribution in [0.1, 0.15) is 31.8 Å². The first-order valence-electron chi connectivity index (χ1n) is 9.32. The minimum Gasteiger partial charge on any atom is -0.493 e. The van der Waals surface area contributed by atoms with Gasteiger partial charge >= 0.3 is 5.97 Å². The van der Waals surface area contributed by atoms with E-state index in [1.807, 2.05) is 0 Å². The number of hydrogen-bond donors (Lipinski definition) is 1. The lowest BCUT2D eigenvalue weighted by atomic mass is 10.1. The van der Waals surface area contributed by atoms with Gasteiger partial charge in [0.15, 0.2) is 11.5 Å². The number of aromatic nitrogens is 1. The van der Waals surface area contributed by atoms with Gasteiger partial charge in [-0.2, -0.15) is 5.10 Å². The van der Waals surface area contributed by atoms with Crippen molar-refractivity contribution in [3.05, 3.63) is 89.2 Å². The van der Waals surface area contributed by atoms with Gasteiger partial charge in [0.1, 0.15) is 6.61 Å². The molecule has 0 aliphatic rings. The molecule has 2 aromatic carbocycles. The first kappa shape index (κ1) is 21.5. The van der Waals surface area contributed by atoms with Crippen molar-refractivity contribution < 1.29 is 23.8 Å². The van der Waals surface area contributed by atoms with Crippen LogP contribution in [-0.4, -0.2) is 37.3 Å². The van der Waals surface area contributed by atoms with E-state index in [4.69, 9.17) is 9.47 Å². The van der Waals surface area contributed by atoms with Gasteiger partial charge < -0.3 is 14.2 Å². The van der Waals surface area contributed by atoms with E-state index >= 15 is 0 Å². The van der Waals surface area contributed by atoms with Crippen LogP contribution < -0.4 is 14.9 Å². The van der Waals surface area contributed by atoms with Gasteiger partial charge in [0.25, 0.3) is 5.91 Å². The summed E-state index contributed by atoms with van der Waals surface area (Å²) in [6.07, 6.45) is 4.59. The summed E-state index contributed by atoms with van der Waals surface area (Å²) in [5.41, 5.74) is 5.01. The third-order valence-corrected chi connectivity index (χ3v) is 4.28. The predicted octanol–water partition coefficient (Wildman–Crippen LogP) is 3.22. The first-order valence-corrected chi connectivity index (χ1v) is 9.32. The molecule has 0 unspecified atom stereocenters. The fourth-order valence-corrected chi connectivity index (χ4v) is 2.63. The molecular formula is C23H21N3O5. The summed E-state index contributed by atoms with van der Waals surface area (Å²) < 4.78 is 15.9. The van der Waals surface area contributed by atoms with E-state index in [0.717, 1.165) is 11.1 Å². The van der Waals surface area contributed by atoms with Gasteiger partial charge in [-0.25, -0.2) is 10.2 Å². The van der Waals surface area contributed by atoms with E-state index in [2.05, 4.69) is 20.2 Å². The van der Waals surface area contributed by atoms with Gasteiger partial charge in [-0.05, 0) is 53.6 Å². The second kappa shape index (κ2) is 10.5. The van der Waals surface area contributed by atoms with Crippen LogP contribution in [0.25, 0.3) is 0 Å². The highest BCUT2D eigenvalue weighted by molar-refractivity contribution is 5.94. The molecule has 8 heteroatoms. The van der Waals surface area contributed by atoms with Crippen molar-refractivity contribution in [1.29, 1.82) is 0 Å². The lowest BCUT2D eigenvalue weighted by Gasteiger charge is -2.11. The highest BCUT2D eigenvalue weighted by Crippen LogP contribution is 2.28. The number of carbonyl (C=O) groups excluding carboxylic acids is 2. The van der Waals surface area contributed by atoms with E-state index in [-0.39, 0.29) is 11.9 Å². The Hall–Kier alpha value is -4.20. The van der Waals surface area contributed by atoms with Crippen LogP contribution >= 0.6 is 0 Å². The standard InChI is InChI=1S/C23H21N3O5/c1-29-21-13-17(14-25-26-22(27)18-9-11-24-12-10-18)5-8-20(21)31-15-16-3-6-19(7-4-16)23(28)30-2/h3-14H,15H2,1-2H3,(H,26,27)/b25-14-. The third-order valence-electron chi connectivity index (χ3n) is 4.28. The summed E-state index contributed by atoms with van der Waals surface area (Å²) >= 11 is 0. The quantitative estimate of drug-likeness (QED) is 0.342. The molecule has 158 valence electrons. The highest BCUT2D eigenvalue weighted by atomic mass is 16.5. The minimum atomic E-state index is -0.386. The van der Waals surface area contributed by atoms with Gasteiger partial charge in [-0.15, -0.1) is 0 Å². The number of ether oxygens (including phenoxy) is 3. The average molecular weight is 419 g/mol. The number of rotatable bonds is 8. The Morgan fingerprint density at radius 1 is 0.968 bits per heavy atom. The van der Waals surface area contributed by atoms with Crippen molar-refractivity contribution in [2.45, 2.75) is 6.61 Å². The summed E-state index contributed by atoms with van der Waals surface area (Å²) in [5.74, 6) is 0.361. The molecule has 0 bridgehead atoms. The molecule has 1 heterocycles. The number of hydrazone groups is 1. The number of esters is 1. The Kier molecular flexibility index (Phi) is 7.31. The maximum atomic E-state index is 12.0. The zero-order valence-corrected chi connectivity index (χ0v) is 17.1. The monoisotopic (exact) mass is 419 g/mol. The molecule has 3 aromatic rings. The predicted molar refractivity (Wildman–Crippen MR) is 114 cm³/mol. The fourth-order valence-electron chi connectivity index (χ4n) is 2.63. The molecule has 1 aromatic heterocycles. The number of methoxy groups -OCH3 is 2. The van der Waals surface area contributed by atoms with Crippen molar-refractivity contribution >= 4 is 18.1 Å². The normalized spacial score (nSPS) is 10.5. The van der Waals surface area contributed by atoms with Crippen LogP contribution in [0.15, 0.2) is 72.1 Å². The van der Waals surface area contributed by atoms with Gasteiger partial charge in [-0.1, -0.05) is 12.1 Å². The van der Waals surface area contributed by atoms with Gasteiger partial charge in [0.05, 0.1) is 26.0 Å². The smallest absolute Gasteiger partial charge is 0.337 e. The number of benzene rings is 2. The van der Waals surface area contributed by atoms with Crippen LogP contribution in [0.2, 0.25) is 0 Å². The molecule has 0 saturated carbocycles. The Balaban J connectivity index is 1.60. The largest absolute Gasteiger partial charge is 0.493 e. The maximum Gasteiger partial charge on any atom is 0.337 e. The lowest BCUT2D eigenvalue weighted by Crippen LogP contribution is -2.17. The molecule has 31 heavy (non-hydrogen) atoms. The molecule has 3 rings (SSSR count). The van der Waals surface area contributed by atoms with Crippen molar-refractivity contribution in [3.8, 4) is 11.5 Å². The Labute approximate surface area is 179 Å². The van der Waals surface area contributed by atoms with E-state index in [0.29, 0.717) is 29.2 Å². The maximum absolute atomic E-state index is 12.0. The molecule has 0 radical (unpaired) electrons. The molecule has 1 N–H and O–H groups in total. The van der Waals surface area contributed by atoms with E-state index in [1.54, 1.807) is 61.7 Å². The minimum absolute atomic E-state index is 0.299. The fraction of sp³-hybridized carbons (Fsp3) is 0.130. The second-order valence-electron chi connectivity index (χ2n) is 6.32. The Morgan fingerprint density at radius 2 is 1.71 bits per heavy atom.